The summed E-state index contributed by atoms with van der Waals surface area (Å²) in [5.74, 6) is 1.62. The summed E-state index contributed by atoms with van der Waals surface area (Å²) < 4.78 is 11.5. The molecule has 7 heteroatoms. The quantitative estimate of drug-likeness (QED) is 0.605. The number of unbranched alkanes of at least 4 members (excludes halogenated alkanes) is 2. The van der Waals surface area contributed by atoms with E-state index in [0.717, 1.165) is 37.5 Å². The lowest BCUT2D eigenvalue weighted by Crippen LogP contribution is -2.38. The summed E-state index contributed by atoms with van der Waals surface area (Å²) in [5.41, 5.74) is 0.449. The molecule has 0 aliphatic carbocycles. The van der Waals surface area contributed by atoms with Crippen LogP contribution in [0, 0.1) is 5.92 Å². The second-order valence-corrected chi connectivity index (χ2v) is 7.33. The summed E-state index contributed by atoms with van der Waals surface area (Å²) in [6, 6.07) is 5.16. The molecule has 0 aromatic carbocycles. The lowest BCUT2D eigenvalue weighted by molar-refractivity contribution is 0.0948. The number of carbonyl (C=O) groups excluding carboxylic acids is 1. The molecule has 160 valence electrons. The number of amides is 1. The molecule has 0 spiro atoms. The van der Waals surface area contributed by atoms with Gasteiger partial charge in [0.25, 0.3) is 5.91 Å². The summed E-state index contributed by atoms with van der Waals surface area (Å²) in [7, 11) is 0. The monoisotopic (exact) mass is 402 g/mol. The fourth-order valence-electron chi connectivity index (χ4n) is 3.17. The Hall–Kier alpha value is -2.44. The zero-order valence-electron chi connectivity index (χ0n) is 18.1. The minimum Gasteiger partial charge on any atom is -0.480 e. The Morgan fingerprint density at radius 1 is 1.07 bits per heavy atom. The van der Waals surface area contributed by atoms with Crippen LogP contribution < -0.4 is 5.32 Å². The SMILES string of the molecule is CCOC1=N[C@H](CCCCCNC(=O)c2ccccn2)C(OCC)=N[C@H]1C(C)C. The van der Waals surface area contributed by atoms with Gasteiger partial charge in [-0.1, -0.05) is 32.8 Å². The molecule has 29 heavy (non-hydrogen) atoms. The molecule has 1 N–H and O–H groups in total. The van der Waals surface area contributed by atoms with Crippen LogP contribution in [-0.2, 0) is 9.47 Å². The highest BCUT2D eigenvalue weighted by Gasteiger charge is 2.31. The number of aliphatic imine (C=N–C) groups is 2. The first-order valence-electron chi connectivity index (χ1n) is 10.7. The standard InChI is InChI=1S/C22H34N4O3/c1-5-28-21-18(25-22(29-6-2)19(26-21)16(3)4)13-8-7-10-15-24-20(27)17-12-9-11-14-23-17/h9,11-12,14,16,18-19H,5-8,10,13,15H2,1-4H3,(H,24,27)/t18-,19+/m1/s1. The van der Waals surface area contributed by atoms with Crippen LogP contribution in [0.25, 0.3) is 0 Å². The highest BCUT2D eigenvalue weighted by Crippen LogP contribution is 2.21. The third-order valence-electron chi connectivity index (χ3n) is 4.64. The number of nitrogens with zero attached hydrogens (tertiary/aromatic N) is 3. The maximum absolute atomic E-state index is 12.0. The maximum Gasteiger partial charge on any atom is 0.269 e. The number of hydrogen-bond acceptors (Lipinski definition) is 6. The van der Waals surface area contributed by atoms with E-state index in [1.54, 1.807) is 18.3 Å². The van der Waals surface area contributed by atoms with Gasteiger partial charge in [0.15, 0.2) is 0 Å². The van der Waals surface area contributed by atoms with E-state index >= 15 is 0 Å². The Kier molecular flexibility index (Phi) is 9.60. The molecule has 1 aliphatic heterocycles. The van der Waals surface area contributed by atoms with Crippen molar-refractivity contribution in [2.75, 3.05) is 19.8 Å². The van der Waals surface area contributed by atoms with Gasteiger partial charge in [0.2, 0.25) is 11.8 Å². The van der Waals surface area contributed by atoms with Crippen LogP contribution in [-0.4, -0.2) is 54.5 Å². The second kappa shape index (κ2) is 12.2. The van der Waals surface area contributed by atoms with Crippen molar-refractivity contribution in [3.05, 3.63) is 30.1 Å². The van der Waals surface area contributed by atoms with E-state index in [-0.39, 0.29) is 18.0 Å². The average molecular weight is 403 g/mol. The summed E-state index contributed by atoms with van der Waals surface area (Å²) in [5, 5.41) is 2.91. The van der Waals surface area contributed by atoms with Crippen LogP contribution in [0.1, 0.15) is 63.9 Å². The van der Waals surface area contributed by atoms with Gasteiger partial charge in [-0.25, -0.2) is 9.98 Å². The van der Waals surface area contributed by atoms with E-state index in [0.29, 0.717) is 31.4 Å². The Bertz CT molecular complexity index is 689. The van der Waals surface area contributed by atoms with Crippen molar-refractivity contribution in [2.45, 2.75) is 65.5 Å². The predicted octanol–water partition coefficient (Wildman–Crippen LogP) is 3.65. The number of nitrogens with one attached hydrogen (secondary N) is 1. The Balaban J connectivity index is 1.80. The van der Waals surface area contributed by atoms with Gasteiger partial charge >= 0.3 is 0 Å². The van der Waals surface area contributed by atoms with Crippen molar-refractivity contribution < 1.29 is 14.3 Å². The van der Waals surface area contributed by atoms with Crippen LogP contribution in [0.4, 0.5) is 0 Å². The number of hydrogen-bond donors (Lipinski definition) is 1. The maximum atomic E-state index is 12.0. The van der Waals surface area contributed by atoms with Crippen molar-refractivity contribution in [2.24, 2.45) is 15.9 Å². The smallest absolute Gasteiger partial charge is 0.269 e. The minimum absolute atomic E-state index is 0.0745. The number of pyridine rings is 1. The molecule has 1 aromatic rings. The third kappa shape index (κ3) is 7.15. The van der Waals surface area contributed by atoms with Crippen molar-refractivity contribution in [1.82, 2.24) is 10.3 Å². The van der Waals surface area contributed by atoms with Crippen molar-refractivity contribution in [1.29, 1.82) is 0 Å². The van der Waals surface area contributed by atoms with Gasteiger partial charge in [-0.05, 0) is 44.7 Å². The number of ether oxygens (including phenoxy) is 2. The zero-order chi connectivity index (χ0) is 21.1. The molecule has 2 rings (SSSR count). The molecule has 0 fully saturated rings. The predicted molar refractivity (Wildman–Crippen MR) is 116 cm³/mol. The molecular weight excluding hydrogens is 368 g/mol. The zero-order valence-corrected chi connectivity index (χ0v) is 18.1. The normalized spacial score (nSPS) is 18.8. The van der Waals surface area contributed by atoms with E-state index in [4.69, 9.17) is 19.5 Å². The molecule has 1 amide bonds. The van der Waals surface area contributed by atoms with Crippen LogP contribution >= 0.6 is 0 Å². The fourth-order valence-corrected chi connectivity index (χ4v) is 3.17. The van der Waals surface area contributed by atoms with Gasteiger partial charge in [0.1, 0.15) is 17.8 Å². The van der Waals surface area contributed by atoms with Crippen molar-refractivity contribution in [3.63, 3.8) is 0 Å². The molecule has 2 heterocycles. The summed E-state index contributed by atoms with van der Waals surface area (Å²) in [4.78, 5) is 25.7. The Labute approximate surface area is 174 Å². The second-order valence-electron chi connectivity index (χ2n) is 7.33. The molecule has 7 nitrogen and oxygen atoms in total. The van der Waals surface area contributed by atoms with Gasteiger partial charge < -0.3 is 14.8 Å². The van der Waals surface area contributed by atoms with Crippen LogP contribution in [0.15, 0.2) is 34.4 Å². The topological polar surface area (TPSA) is 85.2 Å². The molecule has 1 aliphatic rings. The molecule has 0 saturated heterocycles. The van der Waals surface area contributed by atoms with Gasteiger partial charge in [0, 0.05) is 12.7 Å². The average Bonchev–Trinajstić information content (AvgIpc) is 2.72. The molecule has 2 atom stereocenters. The molecule has 0 unspecified atom stereocenters. The van der Waals surface area contributed by atoms with E-state index in [1.165, 1.54) is 0 Å². The summed E-state index contributed by atoms with van der Waals surface area (Å²) in [6.07, 6.45) is 5.35. The third-order valence-corrected chi connectivity index (χ3v) is 4.64. The molecular formula is C22H34N4O3. The van der Waals surface area contributed by atoms with Gasteiger partial charge in [-0.2, -0.15) is 0 Å². The van der Waals surface area contributed by atoms with Gasteiger partial charge in [-0.3, -0.25) is 9.78 Å². The van der Waals surface area contributed by atoms with Crippen molar-refractivity contribution in [3.8, 4) is 0 Å². The lowest BCUT2D eigenvalue weighted by atomic mass is 10.0. The number of carbonyl (C=O) groups is 1. The van der Waals surface area contributed by atoms with E-state index in [2.05, 4.69) is 24.1 Å². The molecule has 1 aromatic heterocycles. The van der Waals surface area contributed by atoms with Crippen LogP contribution in [0.2, 0.25) is 0 Å². The Morgan fingerprint density at radius 3 is 2.48 bits per heavy atom. The highest BCUT2D eigenvalue weighted by molar-refractivity contribution is 5.94. The van der Waals surface area contributed by atoms with Crippen LogP contribution in [0.5, 0.6) is 0 Å². The van der Waals surface area contributed by atoms with Crippen molar-refractivity contribution >= 4 is 17.7 Å². The highest BCUT2D eigenvalue weighted by atomic mass is 16.5. The first kappa shape index (κ1) is 22.8. The number of rotatable bonds is 10. The molecule has 0 bridgehead atoms. The van der Waals surface area contributed by atoms with Gasteiger partial charge in [0.05, 0.1) is 13.2 Å². The summed E-state index contributed by atoms with van der Waals surface area (Å²) in [6.45, 7) is 9.97. The van der Waals surface area contributed by atoms with Crippen LogP contribution in [0.3, 0.4) is 0 Å². The lowest BCUT2D eigenvalue weighted by Gasteiger charge is -2.28. The molecule has 0 radical (unpaired) electrons. The number of aromatic nitrogens is 1. The van der Waals surface area contributed by atoms with E-state index < -0.39 is 0 Å². The van der Waals surface area contributed by atoms with Gasteiger partial charge in [-0.15, -0.1) is 0 Å². The largest absolute Gasteiger partial charge is 0.480 e. The summed E-state index contributed by atoms with van der Waals surface area (Å²) >= 11 is 0. The van der Waals surface area contributed by atoms with E-state index in [1.807, 2.05) is 19.9 Å². The minimum atomic E-state index is -0.130. The first-order valence-corrected chi connectivity index (χ1v) is 10.7. The molecule has 0 saturated carbocycles. The van der Waals surface area contributed by atoms with E-state index in [9.17, 15) is 4.79 Å². The Morgan fingerprint density at radius 2 is 1.83 bits per heavy atom. The fraction of sp³-hybridized carbons (Fsp3) is 0.636. The first-order chi connectivity index (χ1) is 14.1.